The van der Waals surface area contributed by atoms with Crippen LogP contribution < -0.4 is 41.0 Å². The number of fused-ring (bicyclic) bond motifs is 2. The lowest BCUT2D eigenvalue weighted by atomic mass is 9.91. The molecule has 2 aromatic carbocycles. The number of rotatable bonds is 15. The van der Waals surface area contributed by atoms with E-state index in [2.05, 4.69) is 10.6 Å². The zero-order chi connectivity index (χ0) is 35.4. The second kappa shape index (κ2) is 15.3. The van der Waals surface area contributed by atoms with Gasteiger partial charge in [-0.1, -0.05) is 6.92 Å². The highest BCUT2D eigenvalue weighted by molar-refractivity contribution is 6.01. The average molecular weight is 669 g/mol. The highest BCUT2D eigenvalue weighted by atomic mass is 16.7. The molecule has 2 aliphatic heterocycles. The molecule has 0 saturated heterocycles. The zero-order valence-electron chi connectivity index (χ0n) is 28.9. The number of nitrogens with two attached hydrogens (primary N) is 2. The molecule has 6 N–H and O–H groups in total. The number of nitrogens with zero attached hydrogens (tertiary/aromatic N) is 2. The van der Waals surface area contributed by atoms with Crippen molar-refractivity contribution in [2.24, 2.45) is 17.4 Å². The summed E-state index contributed by atoms with van der Waals surface area (Å²) in [7, 11) is 3.50. The summed E-state index contributed by atoms with van der Waals surface area (Å²) in [6.07, 6.45) is -0.626. The first kappa shape index (κ1) is 36.6. The van der Waals surface area contributed by atoms with Gasteiger partial charge in [0.1, 0.15) is 0 Å². The van der Waals surface area contributed by atoms with Crippen molar-refractivity contribution in [3.63, 3.8) is 0 Å². The fourth-order valence-corrected chi connectivity index (χ4v) is 5.53. The Bertz CT molecular complexity index is 1530. The van der Waals surface area contributed by atoms with Gasteiger partial charge in [0.25, 0.3) is 0 Å². The fraction of sp³-hybridized carbons (Fsp3) is 0.529. The highest BCUT2D eigenvalue weighted by Gasteiger charge is 2.32. The van der Waals surface area contributed by atoms with Crippen molar-refractivity contribution >= 4 is 23.4 Å². The Balaban J connectivity index is 1.39. The minimum absolute atomic E-state index is 0.00368. The minimum atomic E-state index is -0.905. The first-order valence-corrected chi connectivity index (χ1v) is 16.1. The third kappa shape index (κ3) is 8.06. The Labute approximate surface area is 281 Å². The molecule has 0 saturated carbocycles. The molecule has 0 fully saturated rings. The number of ketones is 2. The van der Waals surface area contributed by atoms with Crippen LogP contribution in [0, 0.1) is 5.92 Å². The van der Waals surface area contributed by atoms with Crippen LogP contribution in [0.1, 0.15) is 67.8 Å². The van der Waals surface area contributed by atoms with E-state index in [1.807, 2.05) is 6.92 Å². The summed E-state index contributed by atoms with van der Waals surface area (Å²) in [6, 6.07) is 5.71. The molecule has 0 bridgehead atoms. The number of carbonyl (C=O) groups is 4. The van der Waals surface area contributed by atoms with Gasteiger partial charge in [0.05, 0.1) is 36.5 Å². The SMILES string of the molecule is CC(N)C(=O)NC(C)N(C)C(C)C(=O)c1cc(CC(C)C(N)C(=O)NC(C)N(C)C(C)C(=O)c2ccc3c(c2)OCO3)c2c(c1)OCO2. The van der Waals surface area contributed by atoms with Gasteiger partial charge < -0.3 is 41.0 Å². The van der Waals surface area contributed by atoms with E-state index in [9.17, 15) is 19.2 Å². The zero-order valence-corrected chi connectivity index (χ0v) is 28.9. The second-order valence-electron chi connectivity index (χ2n) is 12.7. The van der Waals surface area contributed by atoms with Crippen LogP contribution in [0.5, 0.6) is 23.0 Å². The van der Waals surface area contributed by atoms with Crippen molar-refractivity contribution in [2.75, 3.05) is 27.7 Å². The summed E-state index contributed by atoms with van der Waals surface area (Å²) < 4.78 is 22.1. The standard InChI is InChI=1S/C34H48N6O8/c1-17(29(36)34(44)38-22(6)39(7)19(3)30(41)23-9-10-26-27(13-23)46-15-45-26)11-25-12-24(14-28-32(25)48-16-47-28)31(42)20(4)40(8)21(5)37-33(43)18(2)35/h9-10,12-14,17-22,29H,11,15-16,35-36H2,1-8H3,(H,37,43)(H,38,44). The van der Waals surface area contributed by atoms with E-state index < -0.39 is 36.5 Å². The third-order valence-corrected chi connectivity index (χ3v) is 9.27. The van der Waals surface area contributed by atoms with Crippen molar-refractivity contribution in [3.8, 4) is 23.0 Å². The lowest BCUT2D eigenvalue weighted by molar-refractivity contribution is -0.125. The summed E-state index contributed by atoms with van der Waals surface area (Å²) in [4.78, 5) is 55.7. The van der Waals surface area contributed by atoms with Gasteiger partial charge in [0.2, 0.25) is 25.4 Å². The summed E-state index contributed by atoms with van der Waals surface area (Å²) >= 11 is 0. The summed E-state index contributed by atoms with van der Waals surface area (Å²) in [6.45, 7) is 10.6. The van der Waals surface area contributed by atoms with Gasteiger partial charge in [0, 0.05) is 11.1 Å². The Hall–Kier alpha value is -4.24. The van der Waals surface area contributed by atoms with Crippen molar-refractivity contribution in [1.82, 2.24) is 20.4 Å². The maximum Gasteiger partial charge on any atom is 0.238 e. The van der Waals surface area contributed by atoms with Gasteiger partial charge in [-0.05, 0) is 96.9 Å². The maximum atomic E-state index is 13.6. The Morgan fingerprint density at radius 2 is 1.23 bits per heavy atom. The van der Waals surface area contributed by atoms with E-state index in [0.29, 0.717) is 46.1 Å². The molecule has 14 heteroatoms. The maximum absolute atomic E-state index is 13.6. The number of hydrogen-bond donors (Lipinski definition) is 4. The molecule has 2 aromatic rings. The van der Waals surface area contributed by atoms with E-state index in [-0.39, 0.29) is 42.9 Å². The summed E-state index contributed by atoms with van der Waals surface area (Å²) in [5.74, 6) is 0.675. The average Bonchev–Trinajstić information content (AvgIpc) is 3.75. The van der Waals surface area contributed by atoms with E-state index >= 15 is 0 Å². The van der Waals surface area contributed by atoms with Crippen LogP contribution in [0.2, 0.25) is 0 Å². The van der Waals surface area contributed by atoms with Crippen LogP contribution in [0.4, 0.5) is 0 Å². The van der Waals surface area contributed by atoms with Crippen molar-refractivity contribution in [1.29, 1.82) is 0 Å². The molecule has 0 aromatic heterocycles. The number of Topliss-reactive ketones (excluding diaryl/α,β-unsaturated/α-hetero) is 2. The number of benzene rings is 2. The minimum Gasteiger partial charge on any atom is -0.454 e. The predicted molar refractivity (Wildman–Crippen MR) is 178 cm³/mol. The number of amides is 2. The first-order valence-electron chi connectivity index (χ1n) is 16.1. The van der Waals surface area contributed by atoms with Gasteiger partial charge in [-0.15, -0.1) is 0 Å². The lowest BCUT2D eigenvalue weighted by Crippen LogP contribution is -2.55. The molecule has 262 valence electrons. The van der Waals surface area contributed by atoms with Crippen LogP contribution in [-0.2, 0) is 16.0 Å². The fourth-order valence-electron chi connectivity index (χ4n) is 5.53. The molecule has 7 unspecified atom stereocenters. The van der Waals surface area contributed by atoms with E-state index in [4.69, 9.17) is 30.4 Å². The molecule has 0 radical (unpaired) electrons. The topological polar surface area (TPSA) is 188 Å². The summed E-state index contributed by atoms with van der Waals surface area (Å²) in [5, 5.41) is 5.73. The molecular formula is C34H48N6O8. The number of nitrogens with one attached hydrogen (secondary N) is 2. The molecule has 2 aliphatic rings. The molecule has 7 atom stereocenters. The second-order valence-corrected chi connectivity index (χ2v) is 12.7. The Morgan fingerprint density at radius 1 is 0.708 bits per heavy atom. The Kier molecular flexibility index (Phi) is 11.7. The highest BCUT2D eigenvalue weighted by Crippen LogP contribution is 2.39. The van der Waals surface area contributed by atoms with E-state index in [1.165, 1.54) is 0 Å². The number of hydrogen-bond acceptors (Lipinski definition) is 12. The van der Waals surface area contributed by atoms with Gasteiger partial charge in [-0.2, -0.15) is 0 Å². The van der Waals surface area contributed by atoms with Crippen LogP contribution in [0.3, 0.4) is 0 Å². The molecule has 0 aliphatic carbocycles. The van der Waals surface area contributed by atoms with Crippen LogP contribution in [0.15, 0.2) is 30.3 Å². The van der Waals surface area contributed by atoms with Gasteiger partial charge in [-0.25, -0.2) is 0 Å². The smallest absolute Gasteiger partial charge is 0.238 e. The van der Waals surface area contributed by atoms with E-state index in [1.54, 1.807) is 88.8 Å². The van der Waals surface area contributed by atoms with Crippen molar-refractivity contribution in [3.05, 3.63) is 47.0 Å². The normalized spacial score (nSPS) is 17.7. The lowest BCUT2D eigenvalue weighted by Gasteiger charge is -2.32. The van der Waals surface area contributed by atoms with Gasteiger partial charge in [-0.3, -0.25) is 29.0 Å². The quantitative estimate of drug-likeness (QED) is 0.159. The third-order valence-electron chi connectivity index (χ3n) is 9.27. The van der Waals surface area contributed by atoms with Crippen LogP contribution >= 0.6 is 0 Å². The van der Waals surface area contributed by atoms with Crippen LogP contribution in [0.25, 0.3) is 0 Å². The molecular weight excluding hydrogens is 620 g/mol. The first-order chi connectivity index (χ1) is 22.6. The molecule has 4 rings (SSSR count). The van der Waals surface area contributed by atoms with Crippen molar-refractivity contribution in [2.45, 2.75) is 84.5 Å². The van der Waals surface area contributed by atoms with Crippen molar-refractivity contribution < 1.29 is 38.1 Å². The summed E-state index contributed by atoms with van der Waals surface area (Å²) in [5.41, 5.74) is 13.7. The van der Waals surface area contributed by atoms with Gasteiger partial charge >= 0.3 is 0 Å². The molecule has 48 heavy (non-hydrogen) atoms. The number of ether oxygens (including phenoxy) is 4. The van der Waals surface area contributed by atoms with Crippen LogP contribution in [-0.4, -0.2) is 97.4 Å². The van der Waals surface area contributed by atoms with E-state index in [0.717, 1.165) is 0 Å². The number of likely N-dealkylation sites (N-methyl/N-ethyl adjacent to an activating group) is 2. The monoisotopic (exact) mass is 668 g/mol. The number of carbonyl (C=O) groups excluding carboxylic acids is 4. The van der Waals surface area contributed by atoms with Gasteiger partial charge in [0.15, 0.2) is 34.6 Å². The predicted octanol–water partition coefficient (Wildman–Crippen LogP) is 1.63. The Morgan fingerprint density at radius 3 is 1.85 bits per heavy atom. The molecule has 0 spiro atoms. The largest absolute Gasteiger partial charge is 0.454 e. The molecule has 2 heterocycles. The molecule has 14 nitrogen and oxygen atoms in total. The molecule has 2 amide bonds.